The Hall–Kier alpha value is -1.97. The molecule has 1 saturated carbocycles. The van der Waals surface area contributed by atoms with Gasteiger partial charge in [0.25, 0.3) is 0 Å². The van der Waals surface area contributed by atoms with Crippen LogP contribution in [0.3, 0.4) is 0 Å². The van der Waals surface area contributed by atoms with Crippen LogP contribution in [-0.4, -0.2) is 42.9 Å². The topological polar surface area (TPSA) is 92.5 Å². The van der Waals surface area contributed by atoms with Crippen LogP contribution in [0, 0.1) is 12.8 Å². The zero-order valence-corrected chi connectivity index (χ0v) is 20.8. The van der Waals surface area contributed by atoms with Gasteiger partial charge in [-0.25, -0.2) is 8.42 Å². The molecule has 0 aromatic carbocycles. The number of aryl methyl sites for hydroxylation is 1. The number of carbonyl (C=O) groups is 1. The fraction of sp³-hybridized carbons (Fsp3) is 0.583. The maximum atomic E-state index is 13.6. The summed E-state index contributed by atoms with van der Waals surface area (Å²) in [5.74, 6) is -0.119. The number of hydrogen-bond acceptors (Lipinski definition) is 6. The summed E-state index contributed by atoms with van der Waals surface area (Å²) in [5.41, 5.74) is 0.335. The van der Waals surface area contributed by atoms with Gasteiger partial charge < -0.3 is 9.84 Å². The third-order valence-electron chi connectivity index (χ3n) is 6.58. The summed E-state index contributed by atoms with van der Waals surface area (Å²) < 4.78 is 33.9. The number of carbonyl (C=O) groups excluding carboxylic acids is 1. The van der Waals surface area contributed by atoms with E-state index in [1.165, 1.54) is 23.6 Å². The first-order valence-corrected chi connectivity index (χ1v) is 14.3. The zero-order valence-electron chi connectivity index (χ0n) is 19.2. The van der Waals surface area contributed by atoms with E-state index in [-0.39, 0.29) is 35.1 Å². The molecule has 9 heteroatoms. The third-order valence-corrected chi connectivity index (χ3v) is 9.44. The van der Waals surface area contributed by atoms with E-state index in [1.54, 1.807) is 24.3 Å². The second kappa shape index (κ2) is 11.0. The first-order valence-electron chi connectivity index (χ1n) is 11.9. The molecule has 1 aliphatic carbocycles. The number of thiophene rings is 1. The summed E-state index contributed by atoms with van der Waals surface area (Å²) in [6, 6.07) is 4.09. The Balaban J connectivity index is 1.46. The summed E-state index contributed by atoms with van der Waals surface area (Å²) in [4.78, 5) is 14.1. The van der Waals surface area contributed by atoms with E-state index in [4.69, 9.17) is 4.52 Å². The van der Waals surface area contributed by atoms with Gasteiger partial charge >= 0.3 is 0 Å². The Morgan fingerprint density at radius 3 is 2.64 bits per heavy atom. The number of amides is 1. The Morgan fingerprint density at radius 2 is 1.91 bits per heavy atom. The molecule has 1 aliphatic heterocycles. The average Bonchev–Trinajstić information content (AvgIpc) is 3.43. The highest BCUT2D eigenvalue weighted by atomic mass is 32.2. The van der Waals surface area contributed by atoms with Crippen LogP contribution in [0.15, 0.2) is 26.9 Å². The van der Waals surface area contributed by atoms with Crippen LogP contribution in [0.2, 0.25) is 0 Å². The van der Waals surface area contributed by atoms with Crippen molar-refractivity contribution >= 4 is 39.4 Å². The van der Waals surface area contributed by atoms with Gasteiger partial charge in [-0.15, -0.1) is 11.3 Å². The molecule has 0 bridgehead atoms. The van der Waals surface area contributed by atoms with E-state index in [0.29, 0.717) is 25.1 Å². The molecule has 1 amide bonds. The molecule has 7 nitrogen and oxygen atoms in total. The highest BCUT2D eigenvalue weighted by molar-refractivity contribution is 7.89. The van der Waals surface area contributed by atoms with Gasteiger partial charge in [0.05, 0.1) is 5.92 Å². The lowest BCUT2D eigenvalue weighted by Gasteiger charge is -2.32. The number of hydrogen-bond donors (Lipinski definition) is 1. The van der Waals surface area contributed by atoms with Crippen LogP contribution in [0.1, 0.15) is 74.1 Å². The van der Waals surface area contributed by atoms with Crippen LogP contribution in [0.4, 0.5) is 0 Å². The smallest absolute Gasteiger partial charge is 0.248 e. The van der Waals surface area contributed by atoms with Crippen molar-refractivity contribution in [3.8, 4) is 0 Å². The van der Waals surface area contributed by atoms with Gasteiger partial charge in [-0.3, -0.25) is 4.79 Å². The predicted molar refractivity (Wildman–Crippen MR) is 130 cm³/mol. The highest BCUT2D eigenvalue weighted by Crippen LogP contribution is 2.30. The van der Waals surface area contributed by atoms with Crippen LogP contribution in [0.5, 0.6) is 0 Å². The van der Waals surface area contributed by atoms with Crippen molar-refractivity contribution in [2.75, 3.05) is 13.1 Å². The van der Waals surface area contributed by atoms with Gasteiger partial charge in [0.2, 0.25) is 15.9 Å². The molecule has 2 aromatic rings. The Labute approximate surface area is 200 Å². The van der Waals surface area contributed by atoms with Crippen molar-refractivity contribution in [2.45, 2.75) is 75.6 Å². The fourth-order valence-corrected chi connectivity index (χ4v) is 7.16. The number of aromatic nitrogens is 1. The lowest BCUT2D eigenvalue weighted by Crippen LogP contribution is -2.47. The lowest BCUT2D eigenvalue weighted by molar-refractivity contribution is -0.126. The summed E-state index contributed by atoms with van der Waals surface area (Å²) in [6.07, 6.45) is 12.9. The summed E-state index contributed by atoms with van der Waals surface area (Å²) >= 11 is 1.56. The van der Waals surface area contributed by atoms with Crippen molar-refractivity contribution in [3.05, 3.63) is 33.8 Å². The predicted octanol–water partition coefficient (Wildman–Crippen LogP) is 4.84. The van der Waals surface area contributed by atoms with Crippen molar-refractivity contribution in [2.24, 2.45) is 5.92 Å². The number of sulfonamides is 1. The largest absolute Gasteiger partial charge is 0.355 e. The normalized spacial score (nSPS) is 21.7. The molecular weight excluding hydrogens is 458 g/mol. The number of nitrogens with one attached hydrogen (secondary N) is 1. The van der Waals surface area contributed by atoms with Gasteiger partial charge in [-0.2, -0.15) is 4.31 Å². The second-order valence-corrected chi connectivity index (χ2v) is 11.9. The van der Waals surface area contributed by atoms with Crippen molar-refractivity contribution in [1.29, 1.82) is 0 Å². The highest BCUT2D eigenvalue weighted by Gasteiger charge is 2.37. The molecule has 4 rings (SSSR count). The molecule has 1 saturated heterocycles. The molecule has 3 heterocycles. The molecule has 1 N–H and O–H groups in total. The molecular formula is C24H33N3O4S2. The van der Waals surface area contributed by atoms with E-state index in [2.05, 4.69) is 10.5 Å². The third kappa shape index (κ3) is 5.94. The minimum absolute atomic E-state index is 0.0136. The van der Waals surface area contributed by atoms with Crippen LogP contribution < -0.4 is 5.32 Å². The summed E-state index contributed by atoms with van der Waals surface area (Å²) in [5, 5.41) is 9.10. The van der Waals surface area contributed by atoms with Crippen LogP contribution >= 0.6 is 11.3 Å². The Bertz CT molecular complexity index is 1050. The molecule has 2 aromatic heterocycles. The first-order chi connectivity index (χ1) is 15.9. The van der Waals surface area contributed by atoms with Crippen molar-refractivity contribution in [1.82, 2.24) is 14.8 Å². The maximum absolute atomic E-state index is 13.6. The molecule has 2 aliphatic rings. The Kier molecular flexibility index (Phi) is 8.03. The monoisotopic (exact) mass is 491 g/mol. The Morgan fingerprint density at radius 1 is 1.15 bits per heavy atom. The molecule has 2 fully saturated rings. The molecule has 0 spiro atoms. The zero-order chi connectivity index (χ0) is 23.3. The van der Waals surface area contributed by atoms with Gasteiger partial charge in [0.15, 0.2) is 10.7 Å². The molecule has 0 unspecified atom stereocenters. The SMILES string of the molecule is Cc1noc(/C=C/c2cccs2)c1S(=O)(=O)N1CCC[C@H](C(=O)NC2CCCCCCC2)C1. The summed E-state index contributed by atoms with van der Waals surface area (Å²) in [6.45, 7) is 2.23. The van der Waals surface area contributed by atoms with Crippen LogP contribution in [0.25, 0.3) is 12.2 Å². The van der Waals surface area contributed by atoms with Gasteiger partial charge in [-0.1, -0.05) is 43.3 Å². The molecule has 33 heavy (non-hydrogen) atoms. The molecule has 180 valence electrons. The first kappa shape index (κ1) is 24.2. The summed E-state index contributed by atoms with van der Waals surface area (Å²) in [7, 11) is -3.83. The number of nitrogens with zero attached hydrogens (tertiary/aromatic N) is 2. The molecule has 0 radical (unpaired) electrons. The number of piperidine rings is 1. The van der Waals surface area contributed by atoms with E-state index in [0.717, 1.165) is 30.6 Å². The van der Waals surface area contributed by atoms with E-state index >= 15 is 0 Å². The van der Waals surface area contributed by atoms with Gasteiger partial charge in [0, 0.05) is 24.0 Å². The fourth-order valence-electron chi connectivity index (χ4n) is 4.77. The van der Waals surface area contributed by atoms with Crippen molar-refractivity contribution in [3.63, 3.8) is 0 Å². The standard InChI is InChI=1S/C24H33N3O4S2/c1-18-23(22(31-26-18)14-13-21-12-8-16-32-21)33(29,30)27-15-7-9-19(17-27)24(28)25-20-10-5-3-2-4-6-11-20/h8,12-14,16,19-20H,2-7,9-11,15,17H2,1H3,(H,25,28)/b14-13+/t19-/m0/s1. The second-order valence-electron chi connectivity index (χ2n) is 9.06. The number of rotatable bonds is 6. The minimum atomic E-state index is -3.83. The lowest BCUT2D eigenvalue weighted by atomic mass is 9.94. The minimum Gasteiger partial charge on any atom is -0.355 e. The van der Waals surface area contributed by atoms with E-state index in [9.17, 15) is 13.2 Å². The van der Waals surface area contributed by atoms with Gasteiger partial charge in [0.1, 0.15) is 5.69 Å². The average molecular weight is 492 g/mol. The maximum Gasteiger partial charge on any atom is 0.248 e. The van der Waals surface area contributed by atoms with Crippen molar-refractivity contribution < 1.29 is 17.7 Å². The molecule has 1 atom stereocenters. The van der Waals surface area contributed by atoms with Crippen LogP contribution in [-0.2, 0) is 14.8 Å². The van der Waals surface area contributed by atoms with E-state index < -0.39 is 10.0 Å². The quantitative estimate of drug-likeness (QED) is 0.624. The van der Waals surface area contributed by atoms with E-state index in [1.807, 2.05) is 23.6 Å². The van der Waals surface area contributed by atoms with Gasteiger partial charge in [-0.05, 0) is 56.2 Å².